The van der Waals surface area contributed by atoms with Crippen LogP contribution in [0.3, 0.4) is 0 Å². The van der Waals surface area contributed by atoms with Crippen molar-refractivity contribution in [3.8, 4) is 6.07 Å². The van der Waals surface area contributed by atoms with Gasteiger partial charge in [-0.25, -0.2) is 0 Å². The Morgan fingerprint density at radius 3 is 3.07 bits per heavy atom. The first-order valence-electron chi connectivity index (χ1n) is 4.00. The smallest absolute Gasteiger partial charge is 0.263 e. The number of carbonyl (C=O) groups excluding carboxylic acids is 1. The number of nitriles is 1. The van der Waals surface area contributed by atoms with Crippen molar-refractivity contribution in [1.29, 1.82) is 5.26 Å². The fourth-order valence-electron chi connectivity index (χ4n) is 0.864. The molecule has 0 aliphatic rings. The van der Waals surface area contributed by atoms with Crippen LogP contribution in [0.15, 0.2) is 28.3 Å². The Hall–Kier alpha value is -2.00. The van der Waals surface area contributed by atoms with E-state index in [2.05, 4.69) is 10.5 Å². The fraction of sp³-hybridized carbons (Fsp3) is 0.111. The van der Waals surface area contributed by atoms with Gasteiger partial charge in [0.2, 0.25) is 0 Å². The molecule has 5 nitrogen and oxygen atoms in total. The van der Waals surface area contributed by atoms with E-state index in [9.17, 15) is 9.70 Å². The number of nitrogens with one attached hydrogen (secondary N) is 1. The van der Waals surface area contributed by atoms with Gasteiger partial charge in [-0.3, -0.25) is 4.79 Å². The Morgan fingerprint density at radius 1 is 1.73 bits per heavy atom. The van der Waals surface area contributed by atoms with Gasteiger partial charge in [0.05, 0.1) is 0 Å². The zero-order valence-corrected chi connectivity index (χ0v) is 8.45. The molecule has 1 N–H and O–H groups in total. The van der Waals surface area contributed by atoms with Gasteiger partial charge in [0.25, 0.3) is 5.91 Å². The number of hydrogen-bond donors (Lipinski definition) is 1. The fourth-order valence-corrected chi connectivity index (χ4v) is 1.52. The van der Waals surface area contributed by atoms with Crippen molar-refractivity contribution in [3.63, 3.8) is 0 Å². The number of nitrogens with zero attached hydrogens (tertiary/aromatic N) is 2. The third kappa shape index (κ3) is 3.32. The number of thiophene rings is 1. The largest absolute Gasteiger partial charge is 0.329 e. The molecule has 0 aliphatic heterocycles. The highest BCUT2D eigenvalue weighted by Crippen LogP contribution is 2.12. The number of rotatable bonds is 4. The summed E-state index contributed by atoms with van der Waals surface area (Å²) in [6.07, 6.45) is 1.46. The molecule has 1 aromatic rings. The van der Waals surface area contributed by atoms with Crippen molar-refractivity contribution in [2.45, 2.75) is 0 Å². The zero-order chi connectivity index (χ0) is 11.1. The summed E-state index contributed by atoms with van der Waals surface area (Å²) in [5, 5.41) is 15.2. The third-order valence-electron chi connectivity index (χ3n) is 1.50. The monoisotopic (exact) mass is 221 g/mol. The van der Waals surface area contributed by atoms with Gasteiger partial charge in [-0.05, 0) is 22.7 Å². The number of amides is 1. The highest BCUT2D eigenvalue weighted by Gasteiger charge is 2.07. The maximum atomic E-state index is 11.3. The second kappa shape index (κ2) is 5.67. The Kier molecular flexibility index (Phi) is 4.19. The second-order valence-corrected chi connectivity index (χ2v) is 3.46. The number of carbonyl (C=O) groups is 1. The van der Waals surface area contributed by atoms with Gasteiger partial charge in [0.1, 0.15) is 11.6 Å². The van der Waals surface area contributed by atoms with Gasteiger partial charge in [-0.2, -0.15) is 5.26 Å². The molecule has 0 atom stereocenters. The molecule has 0 radical (unpaired) electrons. The zero-order valence-electron chi connectivity index (χ0n) is 7.64. The van der Waals surface area contributed by atoms with Crippen LogP contribution in [0.1, 0.15) is 4.88 Å². The lowest BCUT2D eigenvalue weighted by molar-refractivity contribution is -0.116. The van der Waals surface area contributed by atoms with Gasteiger partial charge < -0.3 is 5.32 Å². The van der Waals surface area contributed by atoms with Crippen molar-refractivity contribution < 1.29 is 4.79 Å². The van der Waals surface area contributed by atoms with E-state index in [0.29, 0.717) is 0 Å². The second-order valence-electron chi connectivity index (χ2n) is 2.48. The molecule has 0 unspecified atom stereocenters. The summed E-state index contributed by atoms with van der Waals surface area (Å²) in [6.45, 7) is -0.331. The summed E-state index contributed by atoms with van der Waals surface area (Å²) < 4.78 is 0. The standard InChI is InChI=1S/C9H7N3O2S/c10-5-7(9(13)11-6-12-14)4-8-2-1-3-15-8/h1-4H,6H2,(H,11,13)/b7-4+. The molecule has 1 rings (SSSR count). The van der Waals surface area contributed by atoms with Crippen LogP contribution in [-0.2, 0) is 4.79 Å². The maximum Gasteiger partial charge on any atom is 0.263 e. The minimum atomic E-state index is -0.592. The van der Waals surface area contributed by atoms with Crippen molar-refractivity contribution in [1.82, 2.24) is 5.32 Å². The molecule has 0 spiro atoms. The first-order valence-corrected chi connectivity index (χ1v) is 4.88. The van der Waals surface area contributed by atoms with Gasteiger partial charge in [0, 0.05) is 4.88 Å². The Morgan fingerprint density at radius 2 is 2.53 bits per heavy atom. The van der Waals surface area contributed by atoms with Gasteiger partial charge in [-0.1, -0.05) is 6.07 Å². The molecule has 0 aliphatic carbocycles. The lowest BCUT2D eigenvalue weighted by Crippen LogP contribution is -2.24. The lowest BCUT2D eigenvalue weighted by Gasteiger charge is -1.97. The summed E-state index contributed by atoms with van der Waals surface area (Å²) in [7, 11) is 0. The van der Waals surface area contributed by atoms with Crippen molar-refractivity contribution in [2.24, 2.45) is 5.18 Å². The molecule has 0 bridgehead atoms. The van der Waals surface area contributed by atoms with Crippen LogP contribution in [0.25, 0.3) is 6.08 Å². The van der Waals surface area contributed by atoms with E-state index in [-0.39, 0.29) is 12.2 Å². The normalized spacial score (nSPS) is 10.5. The maximum absolute atomic E-state index is 11.3. The Balaban J connectivity index is 2.76. The summed E-state index contributed by atoms with van der Waals surface area (Å²) in [6, 6.07) is 5.36. The predicted octanol–water partition coefficient (Wildman–Crippen LogP) is 1.50. The summed E-state index contributed by atoms with van der Waals surface area (Å²) >= 11 is 1.42. The first-order chi connectivity index (χ1) is 7.27. The molecule has 76 valence electrons. The molecule has 1 heterocycles. The molecule has 0 fully saturated rings. The van der Waals surface area contributed by atoms with Crippen LogP contribution in [0.4, 0.5) is 0 Å². The summed E-state index contributed by atoms with van der Waals surface area (Å²) in [4.78, 5) is 21.8. The quantitative estimate of drug-likeness (QED) is 0.475. The SMILES string of the molecule is N#C/C(=C\c1cccs1)C(=O)NCN=O. The van der Waals surface area contributed by atoms with Crippen LogP contribution < -0.4 is 5.32 Å². The van der Waals surface area contributed by atoms with Crippen LogP contribution >= 0.6 is 11.3 Å². The van der Waals surface area contributed by atoms with E-state index in [1.807, 2.05) is 11.4 Å². The molecule has 1 amide bonds. The molecule has 15 heavy (non-hydrogen) atoms. The molecule has 0 saturated heterocycles. The van der Waals surface area contributed by atoms with E-state index in [4.69, 9.17) is 5.26 Å². The lowest BCUT2D eigenvalue weighted by atomic mass is 10.2. The van der Waals surface area contributed by atoms with Crippen molar-refractivity contribution >= 4 is 23.3 Å². The van der Waals surface area contributed by atoms with Crippen LogP contribution in [0.5, 0.6) is 0 Å². The topological polar surface area (TPSA) is 82.3 Å². The van der Waals surface area contributed by atoms with Crippen LogP contribution in [0.2, 0.25) is 0 Å². The minimum absolute atomic E-state index is 0.0406. The minimum Gasteiger partial charge on any atom is -0.329 e. The Labute approximate surface area is 90.0 Å². The molecule has 0 aromatic carbocycles. The van der Waals surface area contributed by atoms with E-state index in [0.717, 1.165) is 4.88 Å². The van der Waals surface area contributed by atoms with Crippen LogP contribution in [0, 0.1) is 16.2 Å². The average molecular weight is 221 g/mol. The van der Waals surface area contributed by atoms with Crippen LogP contribution in [-0.4, -0.2) is 12.6 Å². The number of hydrogen-bond acceptors (Lipinski definition) is 5. The summed E-state index contributed by atoms with van der Waals surface area (Å²) in [5.74, 6) is -0.592. The first kappa shape index (κ1) is 11.1. The molecular formula is C9H7N3O2S. The highest BCUT2D eigenvalue weighted by molar-refractivity contribution is 7.10. The third-order valence-corrected chi connectivity index (χ3v) is 2.32. The van der Waals surface area contributed by atoms with Gasteiger partial charge in [-0.15, -0.1) is 16.2 Å². The van der Waals surface area contributed by atoms with E-state index < -0.39 is 5.91 Å². The summed E-state index contributed by atoms with van der Waals surface area (Å²) in [5.41, 5.74) is -0.0406. The molecule has 6 heteroatoms. The molecular weight excluding hydrogens is 214 g/mol. The van der Waals surface area contributed by atoms with Gasteiger partial charge >= 0.3 is 0 Å². The van der Waals surface area contributed by atoms with Gasteiger partial charge in [0.15, 0.2) is 6.67 Å². The Bertz CT molecular complexity index is 417. The highest BCUT2D eigenvalue weighted by atomic mass is 32.1. The predicted molar refractivity (Wildman–Crippen MR) is 56.7 cm³/mol. The van der Waals surface area contributed by atoms with E-state index in [1.165, 1.54) is 17.4 Å². The van der Waals surface area contributed by atoms with E-state index in [1.54, 1.807) is 12.1 Å². The molecule has 1 aromatic heterocycles. The number of nitroso groups, excluding NO2 is 1. The molecule has 0 saturated carbocycles. The van der Waals surface area contributed by atoms with Crippen molar-refractivity contribution in [3.05, 3.63) is 32.9 Å². The van der Waals surface area contributed by atoms with Crippen molar-refractivity contribution in [2.75, 3.05) is 6.67 Å². The average Bonchev–Trinajstić information content (AvgIpc) is 2.75. The van der Waals surface area contributed by atoms with E-state index >= 15 is 0 Å².